The van der Waals surface area contributed by atoms with Gasteiger partial charge in [0.25, 0.3) is 5.91 Å². The molecule has 3 heterocycles. The molecule has 0 aromatic carbocycles. The fraction of sp³-hybridized carbons (Fsp3) is 0.667. The number of halogens is 1. The van der Waals surface area contributed by atoms with Crippen LogP contribution in [-0.2, 0) is 20.9 Å². The number of aromatic nitrogens is 1. The van der Waals surface area contributed by atoms with Gasteiger partial charge in [0.2, 0.25) is 0 Å². The zero-order valence-corrected chi connectivity index (χ0v) is 13.7. The standard InChI is InChI=1S/C18H23FN2O3/c19-18(7-4-8-18)17(22)21-11-15(16-14(21)6-3-10-23-16)24-12-13-5-1-2-9-20-13/h1-2,5,9,14-16H,3-4,6-8,10-12H2/t14-,15+,16+/m1/s1. The highest BCUT2D eigenvalue weighted by Gasteiger charge is 2.54. The summed E-state index contributed by atoms with van der Waals surface area (Å²) < 4.78 is 26.5. The van der Waals surface area contributed by atoms with Crippen molar-refractivity contribution in [1.29, 1.82) is 0 Å². The van der Waals surface area contributed by atoms with Gasteiger partial charge in [0.15, 0.2) is 5.67 Å². The van der Waals surface area contributed by atoms with Gasteiger partial charge in [-0.1, -0.05) is 6.07 Å². The second-order valence-electron chi connectivity index (χ2n) is 6.99. The van der Waals surface area contributed by atoms with E-state index in [0.717, 1.165) is 25.0 Å². The Hall–Kier alpha value is -1.53. The Morgan fingerprint density at radius 2 is 2.29 bits per heavy atom. The molecule has 0 radical (unpaired) electrons. The van der Waals surface area contributed by atoms with Crippen LogP contribution in [0.3, 0.4) is 0 Å². The van der Waals surface area contributed by atoms with Crippen LogP contribution in [0, 0.1) is 0 Å². The summed E-state index contributed by atoms with van der Waals surface area (Å²) in [5, 5.41) is 0. The van der Waals surface area contributed by atoms with E-state index in [2.05, 4.69) is 4.98 Å². The SMILES string of the molecule is O=C(N1C[C@H](OCc2ccccn2)[C@H]2OCCC[C@H]21)C1(F)CCC1. The zero-order valence-electron chi connectivity index (χ0n) is 13.7. The topological polar surface area (TPSA) is 51.7 Å². The minimum Gasteiger partial charge on any atom is -0.373 e. The molecule has 0 N–H and O–H groups in total. The molecule has 2 saturated heterocycles. The normalized spacial score (nSPS) is 31.4. The maximum Gasteiger partial charge on any atom is 0.260 e. The van der Waals surface area contributed by atoms with E-state index in [4.69, 9.17) is 9.47 Å². The van der Waals surface area contributed by atoms with Crippen LogP contribution < -0.4 is 0 Å². The van der Waals surface area contributed by atoms with Crippen molar-refractivity contribution in [3.05, 3.63) is 30.1 Å². The van der Waals surface area contributed by atoms with Gasteiger partial charge in [-0.15, -0.1) is 0 Å². The van der Waals surface area contributed by atoms with Crippen LogP contribution in [0.4, 0.5) is 4.39 Å². The molecule has 1 amide bonds. The molecule has 24 heavy (non-hydrogen) atoms. The Bertz CT molecular complexity index is 593. The van der Waals surface area contributed by atoms with Crippen molar-refractivity contribution in [2.24, 2.45) is 0 Å². The number of hydrogen-bond acceptors (Lipinski definition) is 4. The zero-order chi connectivity index (χ0) is 16.6. The molecule has 4 rings (SSSR count). The fourth-order valence-corrected chi connectivity index (χ4v) is 3.92. The van der Waals surface area contributed by atoms with Gasteiger partial charge in [0.1, 0.15) is 12.2 Å². The maximum absolute atomic E-state index is 14.6. The second kappa shape index (κ2) is 6.41. The van der Waals surface area contributed by atoms with Gasteiger partial charge in [-0.25, -0.2) is 4.39 Å². The monoisotopic (exact) mass is 334 g/mol. The number of alkyl halides is 1. The third kappa shape index (κ3) is 2.82. The van der Waals surface area contributed by atoms with Crippen molar-refractivity contribution in [3.8, 4) is 0 Å². The molecule has 3 aliphatic rings. The molecule has 0 bridgehead atoms. The molecule has 5 nitrogen and oxygen atoms in total. The third-order valence-electron chi connectivity index (χ3n) is 5.44. The lowest BCUT2D eigenvalue weighted by Crippen LogP contribution is -2.53. The summed E-state index contributed by atoms with van der Waals surface area (Å²) in [6.07, 6.45) is 4.60. The lowest BCUT2D eigenvalue weighted by Gasteiger charge is -2.39. The first-order chi connectivity index (χ1) is 11.7. The van der Waals surface area contributed by atoms with E-state index in [9.17, 15) is 9.18 Å². The van der Waals surface area contributed by atoms with E-state index in [1.165, 1.54) is 0 Å². The highest BCUT2D eigenvalue weighted by molar-refractivity contribution is 5.86. The average Bonchev–Trinajstić information content (AvgIpc) is 2.97. The first-order valence-electron chi connectivity index (χ1n) is 8.80. The summed E-state index contributed by atoms with van der Waals surface area (Å²) in [6, 6.07) is 5.62. The number of rotatable bonds is 4. The molecule has 1 aromatic heterocycles. The van der Waals surface area contributed by atoms with E-state index >= 15 is 0 Å². The average molecular weight is 334 g/mol. The van der Waals surface area contributed by atoms with Gasteiger partial charge >= 0.3 is 0 Å². The van der Waals surface area contributed by atoms with Crippen molar-refractivity contribution < 1.29 is 18.7 Å². The van der Waals surface area contributed by atoms with Gasteiger partial charge in [0, 0.05) is 12.8 Å². The van der Waals surface area contributed by atoms with Crippen LogP contribution in [0.2, 0.25) is 0 Å². The highest BCUT2D eigenvalue weighted by Crippen LogP contribution is 2.41. The van der Waals surface area contributed by atoms with Crippen molar-refractivity contribution in [2.45, 2.75) is 62.6 Å². The molecule has 1 saturated carbocycles. The number of amides is 1. The minimum absolute atomic E-state index is 0.0618. The predicted octanol–water partition coefficient (Wildman–Crippen LogP) is 2.25. The Kier molecular flexibility index (Phi) is 4.26. The quantitative estimate of drug-likeness (QED) is 0.847. The Morgan fingerprint density at radius 1 is 1.42 bits per heavy atom. The number of likely N-dealkylation sites (tertiary alicyclic amines) is 1. The number of carbonyl (C=O) groups excluding carboxylic acids is 1. The number of hydrogen-bond donors (Lipinski definition) is 0. The molecule has 0 unspecified atom stereocenters. The van der Waals surface area contributed by atoms with Gasteiger partial charge in [0.05, 0.1) is 24.9 Å². The summed E-state index contributed by atoms with van der Waals surface area (Å²) in [7, 11) is 0. The number of nitrogens with zero attached hydrogens (tertiary/aromatic N) is 2. The number of fused-ring (bicyclic) bond motifs is 1. The molecule has 6 heteroatoms. The molecule has 0 spiro atoms. The fourth-order valence-electron chi connectivity index (χ4n) is 3.92. The van der Waals surface area contributed by atoms with E-state index < -0.39 is 5.67 Å². The first kappa shape index (κ1) is 16.0. The van der Waals surface area contributed by atoms with Gasteiger partial charge in [-0.05, 0) is 44.2 Å². The van der Waals surface area contributed by atoms with E-state index in [-0.39, 0.29) is 24.2 Å². The Balaban J connectivity index is 1.46. The Labute approximate surface area is 141 Å². The number of ether oxygens (including phenoxy) is 2. The van der Waals surface area contributed by atoms with Crippen LogP contribution in [0.1, 0.15) is 37.8 Å². The lowest BCUT2D eigenvalue weighted by molar-refractivity contribution is -0.153. The Morgan fingerprint density at radius 3 is 3.00 bits per heavy atom. The van der Waals surface area contributed by atoms with E-state index in [1.807, 2.05) is 18.2 Å². The molecule has 2 aliphatic heterocycles. The molecule has 1 aromatic rings. The van der Waals surface area contributed by atoms with Gasteiger partial charge in [-0.2, -0.15) is 0 Å². The summed E-state index contributed by atoms with van der Waals surface area (Å²) >= 11 is 0. The molecular formula is C18H23FN2O3. The van der Waals surface area contributed by atoms with Crippen LogP contribution >= 0.6 is 0 Å². The van der Waals surface area contributed by atoms with Crippen molar-refractivity contribution >= 4 is 5.91 Å². The van der Waals surface area contributed by atoms with Crippen LogP contribution in [0.15, 0.2) is 24.4 Å². The van der Waals surface area contributed by atoms with Crippen LogP contribution in [0.5, 0.6) is 0 Å². The second-order valence-corrected chi connectivity index (χ2v) is 6.99. The summed E-state index contributed by atoms with van der Waals surface area (Å²) in [6.45, 7) is 1.46. The molecule has 130 valence electrons. The minimum atomic E-state index is -1.65. The maximum atomic E-state index is 14.6. The largest absolute Gasteiger partial charge is 0.373 e. The van der Waals surface area contributed by atoms with Crippen LogP contribution in [0.25, 0.3) is 0 Å². The van der Waals surface area contributed by atoms with Crippen molar-refractivity contribution in [1.82, 2.24) is 9.88 Å². The third-order valence-corrected chi connectivity index (χ3v) is 5.44. The molecule has 1 aliphatic carbocycles. The van der Waals surface area contributed by atoms with E-state index in [1.54, 1.807) is 11.1 Å². The lowest BCUT2D eigenvalue weighted by atomic mass is 9.80. The van der Waals surface area contributed by atoms with Gasteiger partial charge < -0.3 is 14.4 Å². The van der Waals surface area contributed by atoms with Crippen LogP contribution in [-0.4, -0.2) is 52.9 Å². The summed E-state index contributed by atoms with van der Waals surface area (Å²) in [4.78, 5) is 18.6. The number of pyridine rings is 1. The van der Waals surface area contributed by atoms with E-state index in [0.29, 0.717) is 32.6 Å². The summed E-state index contributed by atoms with van der Waals surface area (Å²) in [5.74, 6) is -0.363. The van der Waals surface area contributed by atoms with Crippen molar-refractivity contribution in [2.75, 3.05) is 13.2 Å². The molecule has 3 fully saturated rings. The first-order valence-corrected chi connectivity index (χ1v) is 8.80. The van der Waals surface area contributed by atoms with Gasteiger partial charge in [-0.3, -0.25) is 9.78 Å². The molecule has 3 atom stereocenters. The number of carbonyl (C=O) groups is 1. The smallest absolute Gasteiger partial charge is 0.260 e. The summed E-state index contributed by atoms with van der Waals surface area (Å²) in [5.41, 5.74) is -0.812. The van der Waals surface area contributed by atoms with Crippen molar-refractivity contribution in [3.63, 3.8) is 0 Å². The predicted molar refractivity (Wildman–Crippen MR) is 85.0 cm³/mol. The highest BCUT2D eigenvalue weighted by atomic mass is 19.1. The molecular weight excluding hydrogens is 311 g/mol.